The van der Waals surface area contributed by atoms with Crippen LogP contribution in [0, 0.1) is 17.8 Å². The number of hydrogen-bond donors (Lipinski definition) is 8. The van der Waals surface area contributed by atoms with Crippen molar-refractivity contribution in [2.24, 2.45) is 17.8 Å². The minimum atomic E-state index is -1.35. The van der Waals surface area contributed by atoms with E-state index < -0.39 is 42.1 Å². The Morgan fingerprint density at radius 3 is 2.15 bits per heavy atom. The molecular weight excluding hydrogens is 664 g/mol. The summed E-state index contributed by atoms with van der Waals surface area (Å²) in [6.45, 7) is 4.66. The van der Waals surface area contributed by atoms with Crippen LogP contribution in [0.2, 0.25) is 0 Å². The first-order chi connectivity index (χ1) is 25.1. The average Bonchev–Trinajstić information content (AvgIpc) is 3.85. The van der Waals surface area contributed by atoms with Crippen molar-refractivity contribution in [1.29, 1.82) is 0 Å². The van der Waals surface area contributed by atoms with Gasteiger partial charge in [-0.15, -0.1) is 0 Å². The zero-order valence-electron chi connectivity index (χ0n) is 30.4. The van der Waals surface area contributed by atoms with Crippen LogP contribution in [-0.4, -0.2) is 84.7 Å². The van der Waals surface area contributed by atoms with Gasteiger partial charge in [0.05, 0.1) is 36.2 Å². The maximum atomic E-state index is 14.1. The fourth-order valence-electron chi connectivity index (χ4n) is 7.03. The van der Waals surface area contributed by atoms with E-state index in [1.54, 1.807) is 43.0 Å². The quantitative estimate of drug-likeness (QED) is 0.0811. The first-order valence-corrected chi connectivity index (χ1v) is 18.6. The molecule has 1 aromatic carbocycles. The summed E-state index contributed by atoms with van der Waals surface area (Å²) in [7, 11) is 0. The third-order valence-corrected chi connectivity index (χ3v) is 10.1. The molecule has 4 rings (SSSR count). The van der Waals surface area contributed by atoms with E-state index in [-0.39, 0.29) is 30.6 Å². The van der Waals surface area contributed by atoms with Crippen LogP contribution in [-0.2, 0) is 33.6 Å². The maximum absolute atomic E-state index is 14.1. The molecule has 52 heavy (non-hydrogen) atoms. The van der Waals surface area contributed by atoms with Crippen molar-refractivity contribution >= 4 is 23.8 Å². The Kier molecular flexibility index (Phi) is 16.1. The first-order valence-electron chi connectivity index (χ1n) is 18.6. The highest BCUT2D eigenvalue weighted by molar-refractivity contribution is 5.91. The van der Waals surface area contributed by atoms with Gasteiger partial charge in [0.2, 0.25) is 17.7 Å². The molecule has 0 spiro atoms. The zero-order chi connectivity index (χ0) is 37.3. The third-order valence-electron chi connectivity index (χ3n) is 10.1. The summed E-state index contributed by atoms with van der Waals surface area (Å²) in [4.78, 5) is 66.1. The Morgan fingerprint density at radius 2 is 1.52 bits per heavy atom. The lowest BCUT2D eigenvalue weighted by atomic mass is 9.80. The Labute approximate surface area is 305 Å². The van der Waals surface area contributed by atoms with Crippen molar-refractivity contribution in [1.82, 2.24) is 41.2 Å². The molecular formula is C38H56N8O6. The Morgan fingerprint density at radius 1 is 0.865 bits per heavy atom. The molecule has 5 atom stereocenters. The van der Waals surface area contributed by atoms with E-state index in [0.29, 0.717) is 50.3 Å². The van der Waals surface area contributed by atoms with E-state index in [1.807, 2.05) is 6.07 Å². The van der Waals surface area contributed by atoms with E-state index in [2.05, 4.69) is 55.1 Å². The molecule has 1 aliphatic rings. The minimum Gasteiger partial charge on any atom is -0.465 e. The molecule has 0 radical (unpaired) electrons. The first kappa shape index (κ1) is 40.1. The van der Waals surface area contributed by atoms with E-state index in [9.17, 15) is 29.4 Å². The number of carboxylic acid groups (broad SMARTS) is 1. The Balaban J connectivity index is 1.44. The second-order valence-electron chi connectivity index (χ2n) is 14.4. The lowest BCUT2D eigenvalue weighted by Crippen LogP contribution is -2.57. The van der Waals surface area contributed by atoms with Crippen LogP contribution in [0.1, 0.15) is 88.6 Å². The Hall–Kier alpha value is -4.72. The van der Waals surface area contributed by atoms with Gasteiger partial charge in [-0.2, -0.15) is 0 Å². The predicted molar refractivity (Wildman–Crippen MR) is 196 cm³/mol. The number of nitrogens with zero attached hydrogens (tertiary/aromatic N) is 2. The van der Waals surface area contributed by atoms with Gasteiger partial charge in [0.25, 0.3) is 0 Å². The normalized spacial score (nSPS) is 16.3. The van der Waals surface area contributed by atoms with Gasteiger partial charge in [0, 0.05) is 38.2 Å². The highest BCUT2D eigenvalue weighted by Gasteiger charge is 2.33. The topological polar surface area (TPSA) is 214 Å². The molecule has 1 saturated carbocycles. The number of nitrogens with one attached hydrogen (secondary N) is 6. The van der Waals surface area contributed by atoms with E-state index >= 15 is 0 Å². The molecule has 14 heteroatoms. The number of imidazole rings is 2. The minimum absolute atomic E-state index is 0.0527. The number of carbonyl (C=O) groups excluding carboxylic acids is 3. The van der Waals surface area contributed by atoms with Gasteiger partial charge in [-0.3, -0.25) is 14.4 Å². The fourth-order valence-corrected chi connectivity index (χ4v) is 7.03. The molecule has 0 bridgehead atoms. The van der Waals surface area contributed by atoms with Gasteiger partial charge in [-0.25, -0.2) is 14.8 Å². The summed E-state index contributed by atoms with van der Waals surface area (Å²) in [5.41, 5.74) is 2.13. The van der Waals surface area contributed by atoms with Gasteiger partial charge < -0.3 is 41.4 Å². The summed E-state index contributed by atoms with van der Waals surface area (Å²) in [5.74, 6) is -0.533. The van der Waals surface area contributed by atoms with Crippen LogP contribution in [0.5, 0.6) is 0 Å². The van der Waals surface area contributed by atoms with Gasteiger partial charge >= 0.3 is 6.09 Å². The standard InChI is InChI=1S/C38H56N8O6/c1-25(2)28(15-16-41-35(48)14-13-29-21-39-23-42-29)19-34(47)31(17-26-9-5-3-6-10-26)44-37(50)33(20-30-22-40-24-43-30)45-36(49)32(46-38(51)52)18-27-11-7-4-8-12-27/h4,7-8,11-12,21-26,28,31-34,46-47H,3,5-6,9-10,13-20H2,1-2H3,(H,39,42)(H,40,43)(H,41,48)(H,44,50)(H,45,49)(H,51,52)/t28-,31-,32-,33-,34+/m0/s1. The number of aromatic nitrogens is 4. The molecule has 284 valence electrons. The number of aliphatic hydroxyl groups is 1. The molecule has 8 N–H and O–H groups in total. The number of rotatable bonds is 21. The summed E-state index contributed by atoms with van der Waals surface area (Å²) in [5, 5.41) is 32.5. The summed E-state index contributed by atoms with van der Waals surface area (Å²) < 4.78 is 0. The van der Waals surface area contributed by atoms with Crippen LogP contribution in [0.15, 0.2) is 55.4 Å². The highest BCUT2D eigenvalue weighted by atomic mass is 16.4. The summed E-state index contributed by atoms with van der Waals surface area (Å²) >= 11 is 0. The van der Waals surface area contributed by atoms with E-state index in [4.69, 9.17) is 0 Å². The number of hydrogen-bond acceptors (Lipinski definition) is 7. The number of aryl methyl sites for hydroxylation is 1. The molecule has 1 fully saturated rings. The van der Waals surface area contributed by atoms with Crippen LogP contribution in [0.3, 0.4) is 0 Å². The van der Waals surface area contributed by atoms with Crippen molar-refractivity contribution in [2.45, 2.75) is 115 Å². The highest BCUT2D eigenvalue weighted by Crippen LogP contribution is 2.30. The maximum Gasteiger partial charge on any atom is 0.405 e. The number of amides is 4. The number of carbonyl (C=O) groups is 4. The summed E-state index contributed by atoms with van der Waals surface area (Å²) in [6.07, 6.45) is 12.4. The second-order valence-corrected chi connectivity index (χ2v) is 14.4. The van der Waals surface area contributed by atoms with Gasteiger partial charge in [0.15, 0.2) is 0 Å². The number of benzene rings is 1. The Bertz CT molecular complexity index is 1490. The van der Waals surface area contributed by atoms with Crippen molar-refractivity contribution in [2.75, 3.05) is 6.54 Å². The molecule has 0 aliphatic heterocycles. The lowest BCUT2D eigenvalue weighted by molar-refractivity contribution is -0.131. The molecule has 0 saturated heterocycles. The third kappa shape index (κ3) is 13.8. The van der Waals surface area contributed by atoms with Crippen molar-refractivity contribution < 1.29 is 29.4 Å². The second kappa shape index (κ2) is 21.0. The molecule has 14 nitrogen and oxygen atoms in total. The number of aliphatic hydroxyl groups excluding tert-OH is 1. The molecule has 1 aliphatic carbocycles. The number of aromatic amines is 2. The average molecular weight is 721 g/mol. The predicted octanol–water partition coefficient (Wildman–Crippen LogP) is 3.66. The molecule has 4 amide bonds. The van der Waals surface area contributed by atoms with Crippen molar-refractivity contribution in [3.63, 3.8) is 0 Å². The van der Waals surface area contributed by atoms with Gasteiger partial charge in [-0.05, 0) is 49.0 Å². The van der Waals surface area contributed by atoms with E-state index in [0.717, 1.165) is 36.9 Å². The largest absolute Gasteiger partial charge is 0.465 e. The SMILES string of the molecule is CC(C)[C@@H](CCNC(=O)CCc1c[nH]cn1)C[C@@H](O)[C@H](CC1CCCCC1)NC(=O)[C@H](Cc1c[nH]cn1)NC(=O)[C@H](Cc1ccccc1)NC(=O)O. The van der Waals surface area contributed by atoms with Crippen LogP contribution >= 0.6 is 0 Å². The molecule has 2 aromatic heterocycles. The fraction of sp³-hybridized carbons (Fsp3) is 0.579. The molecule has 2 heterocycles. The van der Waals surface area contributed by atoms with E-state index in [1.165, 1.54) is 12.7 Å². The van der Waals surface area contributed by atoms with Crippen LogP contribution < -0.4 is 21.3 Å². The smallest absolute Gasteiger partial charge is 0.405 e. The molecule has 0 unspecified atom stereocenters. The lowest BCUT2D eigenvalue weighted by Gasteiger charge is -2.34. The van der Waals surface area contributed by atoms with Gasteiger partial charge in [0.1, 0.15) is 12.1 Å². The zero-order valence-corrected chi connectivity index (χ0v) is 30.4. The van der Waals surface area contributed by atoms with Crippen LogP contribution in [0.25, 0.3) is 0 Å². The molecule has 3 aromatic rings. The number of H-pyrrole nitrogens is 2. The van der Waals surface area contributed by atoms with Crippen molar-refractivity contribution in [3.05, 3.63) is 72.3 Å². The van der Waals surface area contributed by atoms with Gasteiger partial charge in [-0.1, -0.05) is 76.3 Å². The van der Waals surface area contributed by atoms with Crippen LogP contribution in [0.4, 0.5) is 4.79 Å². The monoisotopic (exact) mass is 720 g/mol. The summed E-state index contributed by atoms with van der Waals surface area (Å²) in [6, 6.07) is 6.25. The van der Waals surface area contributed by atoms with Crippen molar-refractivity contribution in [3.8, 4) is 0 Å².